The van der Waals surface area contributed by atoms with Crippen molar-refractivity contribution in [2.45, 2.75) is 36.9 Å². The highest BCUT2D eigenvalue weighted by atomic mass is 32.2. The molecular formula is C17H20F3N3O3S. The van der Waals surface area contributed by atoms with Gasteiger partial charge in [0.2, 0.25) is 5.91 Å². The van der Waals surface area contributed by atoms with Gasteiger partial charge in [0.15, 0.2) is 6.61 Å². The number of nitrogens with zero attached hydrogens (tertiary/aromatic N) is 1. The lowest BCUT2D eigenvalue weighted by atomic mass is 9.98. The first kappa shape index (κ1) is 19.8. The van der Waals surface area contributed by atoms with Crippen molar-refractivity contribution in [3.8, 4) is 5.75 Å². The van der Waals surface area contributed by atoms with Crippen molar-refractivity contribution in [2.75, 3.05) is 25.2 Å². The van der Waals surface area contributed by atoms with Crippen LogP contribution in [0.15, 0.2) is 12.3 Å². The van der Waals surface area contributed by atoms with Crippen LogP contribution in [0.25, 0.3) is 0 Å². The molecule has 3 rings (SSSR count). The average Bonchev–Trinajstić information content (AvgIpc) is 3.41. The van der Waals surface area contributed by atoms with Crippen LogP contribution < -0.4 is 15.4 Å². The molecule has 2 heterocycles. The zero-order chi connectivity index (χ0) is 19.7. The van der Waals surface area contributed by atoms with E-state index in [1.54, 1.807) is 11.8 Å². The molecule has 0 unspecified atom stereocenters. The van der Waals surface area contributed by atoms with E-state index in [1.165, 1.54) is 19.3 Å². The van der Waals surface area contributed by atoms with Crippen LogP contribution >= 0.6 is 11.8 Å². The Hall–Kier alpha value is -1.97. The van der Waals surface area contributed by atoms with Gasteiger partial charge in [-0.1, -0.05) is 0 Å². The number of hydrogen-bond acceptors (Lipinski definition) is 5. The fourth-order valence-corrected chi connectivity index (χ4v) is 3.87. The van der Waals surface area contributed by atoms with Crippen molar-refractivity contribution in [1.82, 2.24) is 15.6 Å². The Labute approximate surface area is 158 Å². The second-order valence-corrected chi connectivity index (χ2v) is 7.85. The van der Waals surface area contributed by atoms with Crippen molar-refractivity contribution in [1.29, 1.82) is 0 Å². The monoisotopic (exact) mass is 403 g/mol. The molecule has 0 spiro atoms. The number of alkyl halides is 3. The summed E-state index contributed by atoms with van der Waals surface area (Å²) in [6.45, 7) is -1.42. The van der Waals surface area contributed by atoms with E-state index >= 15 is 0 Å². The summed E-state index contributed by atoms with van der Waals surface area (Å²) in [5.74, 6) is 0.618. The number of hydrogen-bond donors (Lipinski definition) is 2. The van der Waals surface area contributed by atoms with Crippen molar-refractivity contribution in [3.05, 3.63) is 23.5 Å². The van der Waals surface area contributed by atoms with Gasteiger partial charge < -0.3 is 15.4 Å². The van der Waals surface area contributed by atoms with Gasteiger partial charge in [-0.15, -0.1) is 0 Å². The van der Waals surface area contributed by atoms with Gasteiger partial charge >= 0.3 is 6.18 Å². The highest BCUT2D eigenvalue weighted by molar-refractivity contribution is 8.00. The van der Waals surface area contributed by atoms with Gasteiger partial charge in [0.25, 0.3) is 5.91 Å². The number of amides is 2. The lowest BCUT2D eigenvalue weighted by Crippen LogP contribution is -2.60. The first-order chi connectivity index (χ1) is 12.7. The van der Waals surface area contributed by atoms with Crippen molar-refractivity contribution < 1.29 is 27.5 Å². The van der Waals surface area contributed by atoms with Gasteiger partial charge in [0.1, 0.15) is 11.4 Å². The molecule has 27 heavy (non-hydrogen) atoms. The number of rotatable bonds is 7. The molecular weight excluding hydrogens is 383 g/mol. The Bertz CT molecular complexity index is 734. The molecule has 0 bridgehead atoms. The standard InChI is InChI=1S/C17H20F3N3O3S/c1-21-14(24)5-16(8-27-9-16)23-15(25)12-4-13(26-7-17(18,19)20)11(6-22-12)10-2-3-10/h4,6,10H,2-3,5,7-9H2,1H3,(H,21,24)(H,23,25). The van der Waals surface area contributed by atoms with Gasteiger partial charge in [0, 0.05) is 36.4 Å². The first-order valence-electron chi connectivity index (χ1n) is 8.52. The average molecular weight is 403 g/mol. The Morgan fingerprint density at radius 2 is 2.07 bits per heavy atom. The number of aromatic nitrogens is 1. The summed E-state index contributed by atoms with van der Waals surface area (Å²) >= 11 is 1.60. The van der Waals surface area contributed by atoms with Gasteiger partial charge in [-0.05, 0) is 18.8 Å². The molecule has 1 aromatic rings. The molecule has 2 aliphatic rings. The fourth-order valence-electron chi connectivity index (χ4n) is 2.82. The maximum atomic E-state index is 12.6. The number of nitrogens with one attached hydrogen (secondary N) is 2. The summed E-state index contributed by atoms with van der Waals surface area (Å²) in [7, 11) is 1.52. The van der Waals surface area contributed by atoms with Gasteiger partial charge in [-0.2, -0.15) is 24.9 Å². The van der Waals surface area contributed by atoms with E-state index in [1.807, 2.05) is 0 Å². The predicted molar refractivity (Wildman–Crippen MR) is 94.0 cm³/mol. The molecule has 0 atom stereocenters. The number of carbonyl (C=O) groups is 2. The molecule has 6 nitrogen and oxygen atoms in total. The van der Waals surface area contributed by atoms with E-state index in [9.17, 15) is 22.8 Å². The van der Waals surface area contributed by atoms with E-state index in [0.717, 1.165) is 12.8 Å². The summed E-state index contributed by atoms with van der Waals surface area (Å²) in [5, 5.41) is 5.34. The van der Waals surface area contributed by atoms with Crippen LogP contribution in [-0.4, -0.2) is 53.7 Å². The fraction of sp³-hybridized carbons (Fsp3) is 0.588. The minimum atomic E-state index is -4.47. The quantitative estimate of drug-likeness (QED) is 0.730. The van der Waals surface area contributed by atoms with E-state index in [4.69, 9.17) is 4.74 Å². The zero-order valence-corrected chi connectivity index (χ0v) is 15.5. The Kier molecular flexibility index (Phi) is 5.55. The Morgan fingerprint density at radius 3 is 2.59 bits per heavy atom. The maximum Gasteiger partial charge on any atom is 0.422 e. The summed E-state index contributed by atoms with van der Waals surface area (Å²) in [6, 6.07) is 1.26. The largest absolute Gasteiger partial charge is 0.484 e. The van der Waals surface area contributed by atoms with Crippen LogP contribution in [0.1, 0.15) is 41.2 Å². The zero-order valence-electron chi connectivity index (χ0n) is 14.7. The van der Waals surface area contributed by atoms with Crippen LogP contribution in [-0.2, 0) is 4.79 Å². The predicted octanol–water partition coefficient (Wildman–Crippen LogP) is 2.25. The van der Waals surface area contributed by atoms with Crippen molar-refractivity contribution >= 4 is 23.6 Å². The van der Waals surface area contributed by atoms with E-state index in [2.05, 4.69) is 15.6 Å². The number of carbonyl (C=O) groups excluding carboxylic acids is 2. The number of ether oxygens (including phenoxy) is 1. The molecule has 2 N–H and O–H groups in total. The molecule has 1 saturated heterocycles. The van der Waals surface area contributed by atoms with Gasteiger partial charge in [-0.3, -0.25) is 14.6 Å². The van der Waals surface area contributed by atoms with Crippen LogP contribution in [0.3, 0.4) is 0 Å². The van der Waals surface area contributed by atoms with Crippen LogP contribution in [0.4, 0.5) is 13.2 Å². The molecule has 1 saturated carbocycles. The summed E-state index contributed by atoms with van der Waals surface area (Å²) in [4.78, 5) is 28.4. The molecule has 2 fully saturated rings. The van der Waals surface area contributed by atoms with Crippen LogP contribution in [0.5, 0.6) is 5.75 Å². The van der Waals surface area contributed by atoms with Crippen molar-refractivity contribution in [2.24, 2.45) is 0 Å². The molecule has 1 aliphatic carbocycles. The van der Waals surface area contributed by atoms with E-state index < -0.39 is 24.2 Å². The smallest absolute Gasteiger partial charge is 0.422 e. The molecule has 0 aromatic carbocycles. The summed E-state index contributed by atoms with van der Waals surface area (Å²) < 4.78 is 42.5. The minimum Gasteiger partial charge on any atom is -0.484 e. The summed E-state index contributed by atoms with van der Waals surface area (Å²) in [6.07, 6.45) is -1.18. The normalized spacial score (nSPS) is 18.4. The Morgan fingerprint density at radius 1 is 1.37 bits per heavy atom. The third-order valence-electron chi connectivity index (χ3n) is 4.45. The van der Waals surface area contributed by atoms with Crippen molar-refractivity contribution in [3.63, 3.8) is 0 Å². The highest BCUT2D eigenvalue weighted by Gasteiger charge is 2.41. The Balaban J connectivity index is 1.75. The molecule has 0 radical (unpaired) electrons. The number of halogens is 3. The van der Waals surface area contributed by atoms with Gasteiger partial charge in [-0.25, -0.2) is 0 Å². The molecule has 1 aromatic heterocycles. The molecule has 2 amide bonds. The second kappa shape index (κ2) is 7.57. The van der Waals surface area contributed by atoms with Crippen LogP contribution in [0.2, 0.25) is 0 Å². The minimum absolute atomic E-state index is 0.0234. The lowest BCUT2D eigenvalue weighted by Gasteiger charge is -2.41. The SMILES string of the molecule is CNC(=O)CC1(NC(=O)c2cc(OCC(F)(F)F)c(C3CC3)cn2)CSC1. The highest BCUT2D eigenvalue weighted by Crippen LogP contribution is 2.44. The third-order valence-corrected chi connectivity index (χ3v) is 5.96. The first-order valence-corrected chi connectivity index (χ1v) is 9.67. The van der Waals surface area contributed by atoms with E-state index in [-0.39, 0.29) is 29.7 Å². The van der Waals surface area contributed by atoms with E-state index in [0.29, 0.717) is 17.1 Å². The summed E-state index contributed by atoms with van der Waals surface area (Å²) in [5.41, 5.74) is -0.0917. The molecule has 10 heteroatoms. The van der Waals surface area contributed by atoms with Gasteiger partial charge in [0.05, 0.1) is 12.0 Å². The molecule has 1 aliphatic heterocycles. The third kappa shape index (κ3) is 5.06. The topological polar surface area (TPSA) is 80.3 Å². The lowest BCUT2D eigenvalue weighted by molar-refractivity contribution is -0.153. The number of thioether (sulfide) groups is 1. The second-order valence-electron chi connectivity index (χ2n) is 6.86. The van der Waals surface area contributed by atoms with Crippen LogP contribution in [0, 0.1) is 0 Å². The maximum absolute atomic E-state index is 12.6. The number of pyridine rings is 1. The molecule has 148 valence electrons.